The van der Waals surface area contributed by atoms with Crippen LogP contribution in [-0.4, -0.2) is 42.8 Å². The van der Waals surface area contributed by atoms with Crippen LogP contribution in [0.1, 0.15) is 30.1 Å². The van der Waals surface area contributed by atoms with E-state index in [-0.39, 0.29) is 18.5 Å². The molecule has 3 rings (SSSR count). The van der Waals surface area contributed by atoms with Crippen LogP contribution in [0.15, 0.2) is 42.6 Å². The van der Waals surface area contributed by atoms with Gasteiger partial charge in [-0.1, -0.05) is 12.1 Å². The number of aromatic nitrogens is 1. The molecule has 2 aromatic rings. The van der Waals surface area contributed by atoms with Gasteiger partial charge in [-0.15, -0.1) is 0 Å². The number of hydrogen-bond acceptors (Lipinski definition) is 6. The van der Waals surface area contributed by atoms with Crippen LogP contribution in [0.25, 0.3) is 0 Å². The van der Waals surface area contributed by atoms with Gasteiger partial charge in [0.2, 0.25) is 5.91 Å². The standard InChI is InChI=1S/C21H19F5N4O3S/c22-15-5-4-13(9-16(15)23)18(21(24,25)26)29-17(19(31)30-20(12-27)6-7-20)11-34(32,33)10-14-3-1-2-8-28-14/h1-5,8-9,17-18,29H,6-7,10-11H2,(H,30,31)/t17-,18-/m0/s1. The number of halogens is 5. The Morgan fingerprint density at radius 2 is 1.88 bits per heavy atom. The average Bonchev–Trinajstić information content (AvgIpc) is 3.52. The van der Waals surface area contributed by atoms with E-state index in [1.807, 2.05) is 11.4 Å². The molecule has 34 heavy (non-hydrogen) atoms. The summed E-state index contributed by atoms with van der Waals surface area (Å²) in [5.74, 6) is -5.77. The van der Waals surface area contributed by atoms with Gasteiger partial charge < -0.3 is 5.32 Å². The van der Waals surface area contributed by atoms with Crippen molar-refractivity contribution in [3.63, 3.8) is 0 Å². The normalized spacial score (nSPS) is 16.8. The Labute approximate surface area is 191 Å². The summed E-state index contributed by atoms with van der Waals surface area (Å²) in [4.78, 5) is 16.7. The number of amides is 1. The van der Waals surface area contributed by atoms with Crippen LogP contribution >= 0.6 is 0 Å². The molecule has 2 atom stereocenters. The summed E-state index contributed by atoms with van der Waals surface area (Å²) in [7, 11) is -4.18. The number of carbonyl (C=O) groups is 1. The number of rotatable bonds is 9. The van der Waals surface area contributed by atoms with E-state index < -0.39 is 68.2 Å². The van der Waals surface area contributed by atoms with Crippen LogP contribution in [0.2, 0.25) is 0 Å². The van der Waals surface area contributed by atoms with E-state index in [2.05, 4.69) is 10.3 Å². The fourth-order valence-corrected chi connectivity index (χ4v) is 4.70. The lowest BCUT2D eigenvalue weighted by atomic mass is 10.0. The Bertz CT molecular complexity index is 1200. The zero-order valence-corrected chi connectivity index (χ0v) is 18.3. The van der Waals surface area contributed by atoms with E-state index in [0.29, 0.717) is 18.2 Å². The summed E-state index contributed by atoms with van der Waals surface area (Å²) in [6, 6.07) is 3.13. The molecule has 1 aromatic carbocycles. The fourth-order valence-electron chi connectivity index (χ4n) is 3.21. The minimum Gasteiger partial charge on any atom is -0.336 e. The lowest BCUT2D eigenvalue weighted by Gasteiger charge is -2.28. The number of hydrogen-bond donors (Lipinski definition) is 2. The topological polar surface area (TPSA) is 112 Å². The summed E-state index contributed by atoms with van der Waals surface area (Å²) in [6.45, 7) is 0. The third-order valence-corrected chi connectivity index (χ3v) is 6.71. The van der Waals surface area contributed by atoms with E-state index in [0.717, 1.165) is 0 Å². The SMILES string of the molecule is N#CC1(NC(=O)[C@H](CS(=O)(=O)Cc2ccccn2)N[C@@H](c2ccc(F)c(F)c2)C(F)(F)F)CC1. The van der Waals surface area contributed by atoms with Gasteiger partial charge in [0.25, 0.3) is 0 Å². The molecule has 182 valence electrons. The Morgan fingerprint density at radius 3 is 2.41 bits per heavy atom. The van der Waals surface area contributed by atoms with Crippen LogP contribution in [0.3, 0.4) is 0 Å². The lowest BCUT2D eigenvalue weighted by Crippen LogP contribution is -2.54. The maximum absolute atomic E-state index is 13.8. The van der Waals surface area contributed by atoms with E-state index >= 15 is 0 Å². The van der Waals surface area contributed by atoms with Crippen molar-refractivity contribution < 1.29 is 35.2 Å². The number of sulfone groups is 1. The highest BCUT2D eigenvalue weighted by Gasteiger charge is 2.48. The lowest BCUT2D eigenvalue weighted by molar-refractivity contribution is -0.160. The van der Waals surface area contributed by atoms with Crippen molar-refractivity contribution in [2.24, 2.45) is 0 Å². The number of nitrogens with one attached hydrogen (secondary N) is 2. The molecule has 0 saturated heterocycles. The first-order valence-electron chi connectivity index (χ1n) is 9.95. The predicted molar refractivity (Wildman–Crippen MR) is 110 cm³/mol. The van der Waals surface area contributed by atoms with Crippen LogP contribution < -0.4 is 10.6 Å². The summed E-state index contributed by atoms with van der Waals surface area (Å²) in [5, 5.41) is 13.4. The number of benzene rings is 1. The highest BCUT2D eigenvalue weighted by atomic mass is 32.2. The monoisotopic (exact) mass is 502 g/mol. The van der Waals surface area contributed by atoms with Gasteiger partial charge >= 0.3 is 6.18 Å². The molecule has 0 bridgehead atoms. The Kier molecular flexibility index (Phi) is 7.23. The number of nitriles is 1. The largest absolute Gasteiger partial charge is 0.407 e. The summed E-state index contributed by atoms with van der Waals surface area (Å²) < 4.78 is 93.8. The fraction of sp³-hybridized carbons (Fsp3) is 0.381. The molecular weight excluding hydrogens is 483 g/mol. The second kappa shape index (κ2) is 9.63. The minimum atomic E-state index is -5.10. The third-order valence-electron chi connectivity index (χ3n) is 5.13. The number of nitrogens with zero attached hydrogens (tertiary/aromatic N) is 2. The Hall–Kier alpha value is -3.11. The quantitative estimate of drug-likeness (QED) is 0.510. The van der Waals surface area contributed by atoms with Gasteiger partial charge in [0.05, 0.1) is 23.3 Å². The molecule has 1 fully saturated rings. The van der Waals surface area contributed by atoms with Crippen molar-refractivity contribution >= 4 is 15.7 Å². The van der Waals surface area contributed by atoms with E-state index in [1.165, 1.54) is 18.3 Å². The maximum Gasteiger partial charge on any atom is 0.407 e. The van der Waals surface area contributed by atoms with Crippen LogP contribution in [0, 0.1) is 23.0 Å². The molecule has 1 aliphatic carbocycles. The third kappa shape index (κ3) is 6.48. The van der Waals surface area contributed by atoms with Crippen molar-refractivity contribution in [2.45, 2.75) is 42.4 Å². The maximum atomic E-state index is 13.8. The van der Waals surface area contributed by atoms with Gasteiger partial charge in [-0.25, -0.2) is 17.2 Å². The van der Waals surface area contributed by atoms with Gasteiger partial charge in [-0.05, 0) is 42.7 Å². The van der Waals surface area contributed by atoms with Gasteiger partial charge in [-0.2, -0.15) is 18.4 Å². The summed E-state index contributed by atoms with van der Waals surface area (Å²) in [6.07, 6.45) is -3.25. The molecule has 0 radical (unpaired) electrons. The summed E-state index contributed by atoms with van der Waals surface area (Å²) in [5.41, 5.74) is -1.92. The predicted octanol–water partition coefficient (Wildman–Crippen LogP) is 2.71. The molecule has 1 aromatic heterocycles. The first-order chi connectivity index (χ1) is 15.8. The zero-order valence-electron chi connectivity index (χ0n) is 17.4. The van der Waals surface area contributed by atoms with Crippen molar-refractivity contribution in [3.05, 3.63) is 65.5 Å². The molecule has 1 amide bonds. The zero-order chi connectivity index (χ0) is 25.1. The van der Waals surface area contributed by atoms with E-state index in [9.17, 15) is 40.4 Å². The van der Waals surface area contributed by atoms with Crippen LogP contribution in [0.4, 0.5) is 22.0 Å². The Balaban J connectivity index is 1.91. The average molecular weight is 502 g/mol. The van der Waals surface area contributed by atoms with Crippen LogP contribution in [-0.2, 0) is 20.4 Å². The first kappa shape index (κ1) is 25.5. The molecule has 0 aliphatic heterocycles. The molecule has 7 nitrogen and oxygen atoms in total. The van der Waals surface area contributed by atoms with Crippen molar-refractivity contribution in [1.29, 1.82) is 5.26 Å². The van der Waals surface area contributed by atoms with Gasteiger partial charge in [-0.3, -0.25) is 15.1 Å². The first-order valence-corrected chi connectivity index (χ1v) is 11.8. The molecule has 2 N–H and O–H groups in total. The van der Waals surface area contributed by atoms with Crippen molar-refractivity contribution in [1.82, 2.24) is 15.6 Å². The molecule has 0 spiro atoms. The highest BCUT2D eigenvalue weighted by molar-refractivity contribution is 7.90. The second-order valence-electron chi connectivity index (χ2n) is 7.93. The molecule has 0 unspecified atom stereocenters. The van der Waals surface area contributed by atoms with E-state index in [1.54, 1.807) is 6.07 Å². The molecule has 1 saturated carbocycles. The molecule has 1 aliphatic rings. The smallest absolute Gasteiger partial charge is 0.336 e. The molecule has 1 heterocycles. The second-order valence-corrected chi connectivity index (χ2v) is 10.0. The van der Waals surface area contributed by atoms with E-state index in [4.69, 9.17) is 0 Å². The highest BCUT2D eigenvalue weighted by Crippen LogP contribution is 2.36. The molecular formula is C21H19F5N4O3S. The Morgan fingerprint density at radius 1 is 1.18 bits per heavy atom. The number of alkyl halides is 3. The van der Waals surface area contributed by atoms with Gasteiger partial charge in [0, 0.05) is 6.20 Å². The summed E-state index contributed by atoms with van der Waals surface area (Å²) >= 11 is 0. The van der Waals surface area contributed by atoms with Crippen molar-refractivity contribution in [2.75, 3.05) is 5.75 Å². The minimum absolute atomic E-state index is 0.116. The van der Waals surface area contributed by atoms with Crippen LogP contribution in [0.5, 0.6) is 0 Å². The number of carbonyl (C=O) groups excluding carboxylic acids is 1. The molecule has 13 heteroatoms. The number of pyridine rings is 1. The van der Waals surface area contributed by atoms with Gasteiger partial charge in [0.15, 0.2) is 21.5 Å². The van der Waals surface area contributed by atoms with Gasteiger partial charge in [0.1, 0.15) is 17.6 Å². The van der Waals surface area contributed by atoms with Crippen molar-refractivity contribution in [3.8, 4) is 6.07 Å².